The molecule has 11 nitrogen and oxygen atoms in total. The molecule has 1 heterocycles. The van der Waals surface area contributed by atoms with Crippen molar-refractivity contribution in [3.8, 4) is 0 Å². The van der Waals surface area contributed by atoms with Gasteiger partial charge in [-0.05, 0) is 30.3 Å². The average molecular weight is 531 g/mol. The van der Waals surface area contributed by atoms with E-state index in [1.165, 1.54) is 42.5 Å². The molecule has 1 atom stereocenters. The molecule has 36 heavy (non-hydrogen) atoms. The number of amides is 1. The van der Waals surface area contributed by atoms with Gasteiger partial charge in [0.25, 0.3) is 5.69 Å². The lowest BCUT2D eigenvalue weighted by molar-refractivity contribution is -0.384. The summed E-state index contributed by atoms with van der Waals surface area (Å²) in [5, 5.41) is 13.6. The first kappa shape index (κ1) is 25.4. The zero-order valence-electron chi connectivity index (χ0n) is 18.8. The van der Waals surface area contributed by atoms with Crippen LogP contribution in [0.2, 0.25) is 0 Å². The molecular formula is C23H22N4O7S2. The van der Waals surface area contributed by atoms with Crippen molar-refractivity contribution in [3.05, 3.63) is 95.0 Å². The molecular weight excluding hydrogens is 508 g/mol. The largest absolute Gasteiger partial charge is 0.324 e. The topological polar surface area (TPSA) is 147 Å². The molecule has 0 aromatic heterocycles. The summed E-state index contributed by atoms with van der Waals surface area (Å²) in [4.78, 5) is 23.8. The molecule has 0 spiro atoms. The number of nitrogens with one attached hydrogen (secondary N) is 1. The normalized spacial score (nSPS) is 17.4. The van der Waals surface area contributed by atoms with Crippen LogP contribution in [0.25, 0.3) is 0 Å². The monoisotopic (exact) mass is 530 g/mol. The Labute approximate surface area is 208 Å². The number of carbonyl (C=O) groups is 1. The summed E-state index contributed by atoms with van der Waals surface area (Å²) in [6, 6.07) is 18.9. The van der Waals surface area contributed by atoms with Gasteiger partial charge >= 0.3 is 0 Å². The van der Waals surface area contributed by atoms with Gasteiger partial charge in [-0.2, -0.15) is 8.61 Å². The highest BCUT2D eigenvalue weighted by molar-refractivity contribution is 7.89. The second kappa shape index (κ2) is 10.1. The van der Waals surface area contributed by atoms with E-state index in [1.807, 2.05) is 0 Å². The van der Waals surface area contributed by atoms with Crippen molar-refractivity contribution >= 4 is 37.3 Å². The molecule has 1 aliphatic heterocycles. The number of benzene rings is 3. The highest BCUT2D eigenvalue weighted by Gasteiger charge is 2.43. The minimum atomic E-state index is -4.16. The molecule has 1 saturated heterocycles. The number of hydrogen-bond acceptors (Lipinski definition) is 7. The van der Waals surface area contributed by atoms with Gasteiger partial charge in [-0.15, -0.1) is 0 Å². The molecule has 1 N–H and O–H groups in total. The fourth-order valence-electron chi connectivity index (χ4n) is 3.85. The number of carbonyl (C=O) groups excluding carboxylic acids is 1. The van der Waals surface area contributed by atoms with E-state index in [9.17, 15) is 31.7 Å². The first-order valence-corrected chi connectivity index (χ1v) is 13.7. The molecule has 0 saturated carbocycles. The third-order valence-corrected chi connectivity index (χ3v) is 9.45. The Balaban J connectivity index is 1.69. The van der Waals surface area contributed by atoms with Crippen molar-refractivity contribution in [3.63, 3.8) is 0 Å². The fourth-order valence-corrected chi connectivity index (χ4v) is 6.90. The molecule has 0 bridgehead atoms. The van der Waals surface area contributed by atoms with Gasteiger partial charge in [-0.1, -0.05) is 42.5 Å². The van der Waals surface area contributed by atoms with E-state index in [4.69, 9.17) is 0 Å². The first-order valence-electron chi connectivity index (χ1n) is 10.8. The predicted molar refractivity (Wildman–Crippen MR) is 131 cm³/mol. The number of nitro groups is 1. The van der Waals surface area contributed by atoms with E-state index < -0.39 is 43.5 Å². The SMILES string of the molecule is O=C(Nc1cccc([N+](=O)[O-])c1)[C@@H]1CN(S(=O)(=O)c2ccccc2)CCN1S(=O)(=O)c1ccccc1. The molecule has 3 aromatic rings. The van der Waals surface area contributed by atoms with Crippen molar-refractivity contribution in [1.82, 2.24) is 8.61 Å². The van der Waals surface area contributed by atoms with Crippen LogP contribution in [0, 0.1) is 10.1 Å². The minimum Gasteiger partial charge on any atom is -0.324 e. The maximum Gasteiger partial charge on any atom is 0.271 e. The fraction of sp³-hybridized carbons (Fsp3) is 0.174. The second-order valence-corrected chi connectivity index (χ2v) is 11.7. The smallest absolute Gasteiger partial charge is 0.271 e. The lowest BCUT2D eigenvalue weighted by Gasteiger charge is -2.38. The van der Waals surface area contributed by atoms with Crippen molar-refractivity contribution in [2.45, 2.75) is 15.8 Å². The quantitative estimate of drug-likeness (QED) is 0.364. The van der Waals surface area contributed by atoms with E-state index in [-0.39, 0.29) is 34.3 Å². The molecule has 0 aliphatic carbocycles. The van der Waals surface area contributed by atoms with Gasteiger partial charge in [0, 0.05) is 37.5 Å². The van der Waals surface area contributed by atoms with Crippen LogP contribution in [0.1, 0.15) is 0 Å². The van der Waals surface area contributed by atoms with Gasteiger partial charge in [0.2, 0.25) is 26.0 Å². The molecule has 4 rings (SSSR count). The number of non-ortho nitro benzene ring substituents is 1. The van der Waals surface area contributed by atoms with Crippen LogP contribution < -0.4 is 5.32 Å². The number of nitrogens with zero attached hydrogens (tertiary/aromatic N) is 3. The summed E-state index contributed by atoms with van der Waals surface area (Å²) in [5.74, 6) is -0.817. The first-order chi connectivity index (χ1) is 17.1. The van der Waals surface area contributed by atoms with Crippen LogP contribution in [-0.2, 0) is 24.8 Å². The van der Waals surface area contributed by atoms with Crippen molar-refractivity contribution < 1.29 is 26.6 Å². The lowest BCUT2D eigenvalue weighted by Crippen LogP contribution is -2.60. The Bertz CT molecular complexity index is 1480. The van der Waals surface area contributed by atoms with E-state index in [0.29, 0.717) is 0 Å². The zero-order valence-corrected chi connectivity index (χ0v) is 20.4. The maximum atomic E-state index is 13.4. The second-order valence-electron chi connectivity index (χ2n) is 7.92. The Morgan fingerprint density at radius 3 is 2.00 bits per heavy atom. The third-order valence-electron chi connectivity index (χ3n) is 5.65. The number of anilines is 1. The number of sulfonamides is 2. The van der Waals surface area contributed by atoms with Gasteiger partial charge in [-0.25, -0.2) is 16.8 Å². The number of hydrogen-bond donors (Lipinski definition) is 1. The van der Waals surface area contributed by atoms with E-state index in [2.05, 4.69) is 5.32 Å². The van der Waals surface area contributed by atoms with Gasteiger partial charge in [-0.3, -0.25) is 14.9 Å². The third kappa shape index (κ3) is 5.14. The molecule has 1 aliphatic rings. The lowest BCUT2D eigenvalue weighted by atomic mass is 10.2. The van der Waals surface area contributed by atoms with Crippen LogP contribution in [0.5, 0.6) is 0 Å². The summed E-state index contributed by atoms with van der Waals surface area (Å²) in [6.07, 6.45) is 0. The summed E-state index contributed by atoms with van der Waals surface area (Å²) in [5.41, 5.74) is -0.187. The molecule has 1 amide bonds. The Morgan fingerprint density at radius 2 is 1.42 bits per heavy atom. The van der Waals surface area contributed by atoms with Gasteiger partial charge in [0.05, 0.1) is 14.7 Å². The molecule has 0 unspecified atom stereocenters. The van der Waals surface area contributed by atoms with Crippen LogP contribution in [0.4, 0.5) is 11.4 Å². The van der Waals surface area contributed by atoms with E-state index in [1.54, 1.807) is 36.4 Å². The van der Waals surface area contributed by atoms with Gasteiger partial charge < -0.3 is 5.32 Å². The molecule has 13 heteroatoms. The highest BCUT2D eigenvalue weighted by Crippen LogP contribution is 2.26. The Kier molecular flexibility index (Phi) is 7.17. The summed E-state index contributed by atoms with van der Waals surface area (Å²) in [7, 11) is -8.17. The van der Waals surface area contributed by atoms with Crippen molar-refractivity contribution in [1.29, 1.82) is 0 Å². The van der Waals surface area contributed by atoms with Crippen LogP contribution in [-0.4, -0.2) is 62.0 Å². The van der Waals surface area contributed by atoms with E-state index >= 15 is 0 Å². The number of nitro benzene ring substituents is 1. The Morgan fingerprint density at radius 1 is 0.833 bits per heavy atom. The summed E-state index contributed by atoms with van der Waals surface area (Å²) in [6.45, 7) is -0.871. The standard InChI is InChI=1S/C23H22N4O7S2/c28-23(24-18-8-7-9-19(16-18)27(29)30)22-17-25(35(31,32)20-10-3-1-4-11-20)14-15-26(22)36(33,34)21-12-5-2-6-13-21/h1-13,16,22H,14-15,17H2,(H,24,28)/t22-/m0/s1. The zero-order chi connectivity index (χ0) is 25.9. The van der Waals surface area contributed by atoms with Crippen LogP contribution in [0.3, 0.4) is 0 Å². The van der Waals surface area contributed by atoms with Crippen molar-refractivity contribution in [2.75, 3.05) is 25.0 Å². The van der Waals surface area contributed by atoms with E-state index in [0.717, 1.165) is 14.7 Å². The average Bonchev–Trinajstić information content (AvgIpc) is 2.89. The van der Waals surface area contributed by atoms with Crippen LogP contribution >= 0.6 is 0 Å². The number of rotatable bonds is 7. The number of piperazine rings is 1. The highest BCUT2D eigenvalue weighted by atomic mass is 32.2. The predicted octanol–water partition coefficient (Wildman–Crippen LogP) is 2.30. The Hall–Kier alpha value is -3.65. The van der Waals surface area contributed by atoms with Gasteiger partial charge in [0.1, 0.15) is 6.04 Å². The summed E-state index contributed by atoms with van der Waals surface area (Å²) >= 11 is 0. The van der Waals surface area contributed by atoms with Crippen LogP contribution in [0.15, 0.2) is 94.7 Å². The molecule has 1 fully saturated rings. The molecule has 3 aromatic carbocycles. The summed E-state index contributed by atoms with van der Waals surface area (Å²) < 4.78 is 55.3. The van der Waals surface area contributed by atoms with Crippen molar-refractivity contribution in [2.24, 2.45) is 0 Å². The molecule has 188 valence electrons. The van der Waals surface area contributed by atoms with Gasteiger partial charge in [0.15, 0.2) is 0 Å². The maximum absolute atomic E-state index is 13.4. The minimum absolute atomic E-state index is 0.0159. The molecule has 0 radical (unpaired) electrons.